The highest BCUT2D eigenvalue weighted by Crippen LogP contribution is 2.26. The van der Waals surface area contributed by atoms with Crippen LogP contribution in [0.2, 0.25) is 0 Å². The number of rotatable bonds is 4. The van der Waals surface area contributed by atoms with E-state index >= 15 is 0 Å². The van der Waals surface area contributed by atoms with Crippen LogP contribution in [0.1, 0.15) is 10.4 Å². The highest BCUT2D eigenvalue weighted by Gasteiger charge is 2.31. The minimum absolute atomic E-state index is 0.120. The van der Waals surface area contributed by atoms with E-state index in [9.17, 15) is 18.0 Å². The van der Waals surface area contributed by atoms with Gasteiger partial charge in [0.1, 0.15) is 5.75 Å². The molecule has 0 aromatic heterocycles. The van der Waals surface area contributed by atoms with Crippen LogP contribution in [0.4, 0.5) is 24.5 Å². The summed E-state index contributed by atoms with van der Waals surface area (Å²) in [5.41, 5.74) is 1.05. The van der Waals surface area contributed by atoms with Gasteiger partial charge in [0.15, 0.2) is 0 Å². The largest absolute Gasteiger partial charge is 0.573 e. The minimum Gasteiger partial charge on any atom is -0.478 e. The van der Waals surface area contributed by atoms with Gasteiger partial charge in [-0.1, -0.05) is 6.07 Å². The Bertz CT molecular complexity index is 639. The molecule has 2 N–H and O–H groups in total. The average molecular weight is 297 g/mol. The molecule has 0 bridgehead atoms. The van der Waals surface area contributed by atoms with Crippen LogP contribution < -0.4 is 10.1 Å². The van der Waals surface area contributed by atoms with Crippen molar-refractivity contribution in [1.29, 1.82) is 0 Å². The second-order valence-corrected chi connectivity index (χ2v) is 4.08. The molecule has 7 heteroatoms. The Balaban J connectivity index is 2.12. The van der Waals surface area contributed by atoms with Gasteiger partial charge in [0.05, 0.1) is 5.56 Å². The molecule has 0 aliphatic heterocycles. The second kappa shape index (κ2) is 5.74. The second-order valence-electron chi connectivity index (χ2n) is 4.08. The molecule has 2 aromatic carbocycles. The van der Waals surface area contributed by atoms with Crippen molar-refractivity contribution in [2.24, 2.45) is 0 Å². The summed E-state index contributed by atoms with van der Waals surface area (Å²) >= 11 is 0. The molecule has 0 heterocycles. The SMILES string of the molecule is O=C(O)c1ccc(Nc2cccc(OC(F)(F)F)c2)cc1. The number of ether oxygens (including phenoxy) is 1. The summed E-state index contributed by atoms with van der Waals surface area (Å²) in [6.07, 6.45) is -4.75. The first-order valence-electron chi connectivity index (χ1n) is 5.80. The lowest BCUT2D eigenvalue weighted by molar-refractivity contribution is -0.274. The van der Waals surface area contributed by atoms with Crippen LogP contribution >= 0.6 is 0 Å². The van der Waals surface area contributed by atoms with E-state index in [1.54, 1.807) is 6.07 Å². The summed E-state index contributed by atoms with van der Waals surface area (Å²) < 4.78 is 40.2. The van der Waals surface area contributed by atoms with Crippen LogP contribution in [-0.4, -0.2) is 17.4 Å². The van der Waals surface area contributed by atoms with E-state index in [4.69, 9.17) is 5.11 Å². The predicted molar refractivity (Wildman–Crippen MR) is 69.8 cm³/mol. The number of anilines is 2. The highest BCUT2D eigenvalue weighted by atomic mass is 19.4. The molecule has 110 valence electrons. The molecular weight excluding hydrogens is 287 g/mol. The van der Waals surface area contributed by atoms with Crippen LogP contribution in [0.15, 0.2) is 48.5 Å². The summed E-state index contributed by atoms with van der Waals surface area (Å²) in [6, 6.07) is 11.2. The normalized spacial score (nSPS) is 11.0. The number of carboxylic acids is 1. The molecular formula is C14H10F3NO3. The Morgan fingerprint density at radius 1 is 1.05 bits per heavy atom. The van der Waals surface area contributed by atoms with Gasteiger partial charge in [-0.3, -0.25) is 0 Å². The molecule has 0 aliphatic rings. The number of carboxylic acid groups (broad SMARTS) is 1. The Morgan fingerprint density at radius 2 is 1.71 bits per heavy atom. The first kappa shape index (κ1) is 14.7. The van der Waals surface area contributed by atoms with Gasteiger partial charge < -0.3 is 15.2 Å². The third-order valence-corrected chi connectivity index (χ3v) is 2.49. The number of carbonyl (C=O) groups is 1. The van der Waals surface area contributed by atoms with Crippen molar-refractivity contribution in [2.75, 3.05) is 5.32 Å². The molecule has 21 heavy (non-hydrogen) atoms. The fourth-order valence-corrected chi connectivity index (χ4v) is 1.63. The van der Waals surface area contributed by atoms with Crippen molar-refractivity contribution < 1.29 is 27.8 Å². The van der Waals surface area contributed by atoms with E-state index in [1.165, 1.54) is 42.5 Å². The molecule has 0 atom stereocenters. The summed E-state index contributed by atoms with van der Waals surface area (Å²) in [4.78, 5) is 10.7. The van der Waals surface area contributed by atoms with Gasteiger partial charge in [-0.05, 0) is 36.4 Å². The van der Waals surface area contributed by atoms with E-state index in [0.717, 1.165) is 0 Å². The van der Waals surface area contributed by atoms with Crippen molar-refractivity contribution in [3.63, 3.8) is 0 Å². The molecule has 0 amide bonds. The van der Waals surface area contributed by atoms with Crippen LogP contribution in [0.25, 0.3) is 0 Å². The number of halogens is 3. The fourth-order valence-electron chi connectivity index (χ4n) is 1.63. The van der Waals surface area contributed by atoms with Crippen molar-refractivity contribution in [2.45, 2.75) is 6.36 Å². The van der Waals surface area contributed by atoms with E-state index in [0.29, 0.717) is 11.4 Å². The third-order valence-electron chi connectivity index (χ3n) is 2.49. The predicted octanol–water partition coefficient (Wildman–Crippen LogP) is 4.03. The molecule has 0 saturated carbocycles. The number of aromatic carboxylic acids is 1. The molecule has 0 aliphatic carbocycles. The molecule has 0 radical (unpaired) electrons. The van der Waals surface area contributed by atoms with E-state index in [1.807, 2.05) is 0 Å². The number of hydrogen-bond donors (Lipinski definition) is 2. The van der Waals surface area contributed by atoms with Gasteiger partial charge in [-0.15, -0.1) is 13.2 Å². The molecule has 2 rings (SSSR count). The van der Waals surface area contributed by atoms with E-state index in [-0.39, 0.29) is 11.3 Å². The van der Waals surface area contributed by atoms with Crippen molar-refractivity contribution in [3.8, 4) is 5.75 Å². The van der Waals surface area contributed by atoms with Gasteiger partial charge in [-0.25, -0.2) is 4.79 Å². The van der Waals surface area contributed by atoms with E-state index in [2.05, 4.69) is 10.1 Å². The zero-order valence-corrected chi connectivity index (χ0v) is 10.5. The lowest BCUT2D eigenvalue weighted by Gasteiger charge is -2.11. The molecule has 2 aromatic rings. The van der Waals surface area contributed by atoms with Gasteiger partial charge in [-0.2, -0.15) is 0 Å². The van der Waals surface area contributed by atoms with Gasteiger partial charge in [0, 0.05) is 17.4 Å². The fraction of sp³-hybridized carbons (Fsp3) is 0.0714. The third kappa shape index (κ3) is 4.41. The molecule has 0 fully saturated rings. The Labute approximate surface area is 117 Å². The lowest BCUT2D eigenvalue weighted by Crippen LogP contribution is -2.17. The average Bonchev–Trinajstić information content (AvgIpc) is 2.37. The Morgan fingerprint density at radius 3 is 2.29 bits per heavy atom. The first-order valence-corrected chi connectivity index (χ1v) is 5.80. The zero-order chi connectivity index (χ0) is 15.5. The van der Waals surface area contributed by atoms with Crippen molar-refractivity contribution in [3.05, 3.63) is 54.1 Å². The number of benzene rings is 2. The highest BCUT2D eigenvalue weighted by molar-refractivity contribution is 5.88. The lowest BCUT2D eigenvalue weighted by atomic mass is 10.2. The summed E-state index contributed by atoms with van der Waals surface area (Å²) in [5.74, 6) is -1.39. The van der Waals surface area contributed by atoms with Crippen molar-refractivity contribution >= 4 is 17.3 Å². The van der Waals surface area contributed by atoms with Gasteiger partial charge in [0.2, 0.25) is 0 Å². The van der Waals surface area contributed by atoms with E-state index < -0.39 is 12.3 Å². The van der Waals surface area contributed by atoms with Gasteiger partial charge in [0.25, 0.3) is 0 Å². The number of alkyl halides is 3. The number of hydrogen-bond acceptors (Lipinski definition) is 3. The topological polar surface area (TPSA) is 58.6 Å². The summed E-state index contributed by atoms with van der Waals surface area (Å²) in [7, 11) is 0. The molecule has 0 spiro atoms. The maximum Gasteiger partial charge on any atom is 0.573 e. The van der Waals surface area contributed by atoms with Crippen LogP contribution in [0, 0.1) is 0 Å². The Kier molecular flexibility index (Phi) is 4.02. The quantitative estimate of drug-likeness (QED) is 0.894. The smallest absolute Gasteiger partial charge is 0.478 e. The Hall–Kier alpha value is -2.70. The van der Waals surface area contributed by atoms with Crippen LogP contribution in [-0.2, 0) is 0 Å². The first-order chi connectivity index (χ1) is 9.83. The molecule has 0 saturated heterocycles. The van der Waals surface area contributed by atoms with Crippen LogP contribution in [0.3, 0.4) is 0 Å². The summed E-state index contributed by atoms with van der Waals surface area (Å²) in [5, 5.41) is 11.6. The minimum atomic E-state index is -4.75. The zero-order valence-electron chi connectivity index (χ0n) is 10.5. The van der Waals surface area contributed by atoms with Crippen LogP contribution in [0.5, 0.6) is 5.75 Å². The summed E-state index contributed by atoms with van der Waals surface area (Å²) in [6.45, 7) is 0. The monoisotopic (exact) mass is 297 g/mol. The van der Waals surface area contributed by atoms with Crippen molar-refractivity contribution in [1.82, 2.24) is 0 Å². The molecule has 4 nitrogen and oxygen atoms in total. The maximum absolute atomic E-state index is 12.1. The molecule has 0 unspecified atom stereocenters. The number of nitrogens with one attached hydrogen (secondary N) is 1. The van der Waals surface area contributed by atoms with Gasteiger partial charge >= 0.3 is 12.3 Å². The maximum atomic E-state index is 12.1. The standard InChI is InChI=1S/C14H10F3NO3/c15-14(16,17)21-12-3-1-2-11(8-12)18-10-6-4-9(5-7-10)13(19)20/h1-8,18H,(H,19,20).